The Labute approximate surface area is 136 Å². The Morgan fingerprint density at radius 1 is 1.13 bits per heavy atom. The largest absolute Gasteiger partial charge is 0.348 e. The minimum atomic E-state index is -0.0850. The summed E-state index contributed by atoms with van der Waals surface area (Å²) in [5.74, 6) is -0.0850. The van der Waals surface area contributed by atoms with Gasteiger partial charge in [-0.3, -0.25) is 4.79 Å². The minimum absolute atomic E-state index is 0.0850. The van der Waals surface area contributed by atoms with Gasteiger partial charge in [0.15, 0.2) is 0 Å². The fraction of sp³-hybridized carbons (Fsp3) is 0.150. The van der Waals surface area contributed by atoms with Crippen LogP contribution in [-0.4, -0.2) is 10.5 Å². The molecule has 0 atom stereocenters. The van der Waals surface area contributed by atoms with E-state index >= 15 is 0 Å². The molecule has 116 valence electrons. The summed E-state index contributed by atoms with van der Waals surface area (Å²) >= 11 is 0. The standard InChI is InChI=1S/C20H20N2O/c1-15-12-18-13-17(8-10-19(18)22(15)2)14-21-20(23)11-9-16-6-4-3-5-7-16/h3-13H,14H2,1-2H3,(H,21,23). The van der Waals surface area contributed by atoms with Gasteiger partial charge in [-0.05, 0) is 42.3 Å². The first-order chi connectivity index (χ1) is 11.1. The lowest BCUT2D eigenvalue weighted by atomic mass is 10.1. The van der Waals surface area contributed by atoms with Crippen LogP contribution in [-0.2, 0) is 18.4 Å². The molecule has 23 heavy (non-hydrogen) atoms. The molecule has 0 spiro atoms. The van der Waals surface area contributed by atoms with Crippen molar-refractivity contribution in [3.63, 3.8) is 0 Å². The number of aryl methyl sites for hydroxylation is 2. The van der Waals surface area contributed by atoms with Gasteiger partial charge in [0.1, 0.15) is 0 Å². The molecular formula is C20H20N2O. The summed E-state index contributed by atoms with van der Waals surface area (Å²) < 4.78 is 2.17. The van der Waals surface area contributed by atoms with E-state index in [0.717, 1.165) is 11.1 Å². The number of nitrogens with one attached hydrogen (secondary N) is 1. The Hall–Kier alpha value is -2.81. The highest BCUT2D eigenvalue weighted by Gasteiger charge is 2.04. The van der Waals surface area contributed by atoms with E-state index in [1.165, 1.54) is 16.6 Å². The highest BCUT2D eigenvalue weighted by molar-refractivity contribution is 5.91. The molecule has 3 aromatic rings. The molecule has 2 aromatic carbocycles. The van der Waals surface area contributed by atoms with Crippen molar-refractivity contribution in [2.24, 2.45) is 7.05 Å². The second-order valence-corrected chi connectivity index (χ2v) is 5.70. The van der Waals surface area contributed by atoms with Gasteiger partial charge in [0.25, 0.3) is 0 Å². The lowest BCUT2D eigenvalue weighted by Gasteiger charge is -2.04. The summed E-state index contributed by atoms with van der Waals surface area (Å²) in [5.41, 5.74) is 4.56. The SMILES string of the molecule is Cc1cc2cc(CNC(=O)C=Cc3ccccc3)ccc2n1C. The molecule has 3 heteroatoms. The molecule has 1 heterocycles. The molecule has 0 bridgehead atoms. The zero-order chi connectivity index (χ0) is 16.2. The van der Waals surface area contributed by atoms with E-state index in [-0.39, 0.29) is 5.91 Å². The number of amides is 1. The van der Waals surface area contributed by atoms with Crippen molar-refractivity contribution in [1.29, 1.82) is 0 Å². The second kappa shape index (κ2) is 6.53. The van der Waals surface area contributed by atoms with E-state index in [1.807, 2.05) is 36.4 Å². The average Bonchev–Trinajstić information content (AvgIpc) is 2.86. The Kier molecular flexibility index (Phi) is 4.29. The van der Waals surface area contributed by atoms with E-state index in [1.54, 1.807) is 6.08 Å². The van der Waals surface area contributed by atoms with Crippen molar-refractivity contribution in [1.82, 2.24) is 9.88 Å². The van der Waals surface area contributed by atoms with Crippen molar-refractivity contribution in [3.8, 4) is 0 Å². The van der Waals surface area contributed by atoms with Crippen LogP contribution < -0.4 is 5.32 Å². The van der Waals surface area contributed by atoms with Crippen LogP contribution in [0.4, 0.5) is 0 Å². The van der Waals surface area contributed by atoms with Crippen molar-refractivity contribution < 1.29 is 4.79 Å². The Morgan fingerprint density at radius 3 is 2.70 bits per heavy atom. The van der Waals surface area contributed by atoms with Crippen molar-refractivity contribution in [2.75, 3.05) is 0 Å². The molecule has 0 saturated carbocycles. The fourth-order valence-electron chi connectivity index (χ4n) is 2.63. The molecular weight excluding hydrogens is 284 g/mol. The lowest BCUT2D eigenvalue weighted by Crippen LogP contribution is -2.20. The number of hydrogen-bond donors (Lipinski definition) is 1. The molecule has 3 rings (SSSR count). The number of fused-ring (bicyclic) bond motifs is 1. The average molecular weight is 304 g/mol. The molecule has 0 aliphatic rings. The summed E-state index contributed by atoms with van der Waals surface area (Å²) in [5, 5.41) is 4.13. The maximum Gasteiger partial charge on any atom is 0.244 e. The van der Waals surface area contributed by atoms with E-state index in [0.29, 0.717) is 6.54 Å². The van der Waals surface area contributed by atoms with Crippen LogP contribution in [0.25, 0.3) is 17.0 Å². The van der Waals surface area contributed by atoms with Gasteiger partial charge in [0.2, 0.25) is 5.91 Å². The van der Waals surface area contributed by atoms with Crippen LogP contribution in [0.1, 0.15) is 16.8 Å². The summed E-state index contributed by atoms with van der Waals surface area (Å²) in [6.45, 7) is 2.62. The van der Waals surface area contributed by atoms with Crippen molar-refractivity contribution >= 4 is 22.9 Å². The lowest BCUT2D eigenvalue weighted by molar-refractivity contribution is -0.116. The maximum absolute atomic E-state index is 11.9. The first-order valence-corrected chi connectivity index (χ1v) is 7.69. The molecule has 1 amide bonds. The van der Waals surface area contributed by atoms with Crippen LogP contribution in [0.2, 0.25) is 0 Å². The predicted octanol–water partition coefficient (Wildman–Crippen LogP) is 3.82. The van der Waals surface area contributed by atoms with Crippen molar-refractivity contribution in [2.45, 2.75) is 13.5 Å². The third-order valence-corrected chi connectivity index (χ3v) is 4.04. The van der Waals surface area contributed by atoms with Crippen LogP contribution in [0.3, 0.4) is 0 Å². The summed E-state index contributed by atoms with van der Waals surface area (Å²) in [7, 11) is 2.06. The highest BCUT2D eigenvalue weighted by Crippen LogP contribution is 2.19. The van der Waals surface area contributed by atoms with Gasteiger partial charge in [0, 0.05) is 36.3 Å². The zero-order valence-electron chi connectivity index (χ0n) is 13.4. The summed E-state index contributed by atoms with van der Waals surface area (Å²) in [6, 6.07) is 18.2. The minimum Gasteiger partial charge on any atom is -0.348 e. The number of carbonyl (C=O) groups is 1. The Bertz CT molecular complexity index is 860. The second-order valence-electron chi connectivity index (χ2n) is 5.70. The van der Waals surface area contributed by atoms with Gasteiger partial charge >= 0.3 is 0 Å². The summed E-state index contributed by atoms with van der Waals surface area (Å²) in [6.07, 6.45) is 3.39. The monoisotopic (exact) mass is 304 g/mol. The molecule has 0 unspecified atom stereocenters. The molecule has 0 saturated heterocycles. The van der Waals surface area contributed by atoms with E-state index in [2.05, 4.69) is 48.1 Å². The molecule has 0 radical (unpaired) electrons. The van der Waals surface area contributed by atoms with Crippen LogP contribution >= 0.6 is 0 Å². The number of rotatable bonds is 4. The number of hydrogen-bond acceptors (Lipinski definition) is 1. The number of aromatic nitrogens is 1. The number of benzene rings is 2. The van der Waals surface area contributed by atoms with Gasteiger partial charge in [-0.25, -0.2) is 0 Å². The van der Waals surface area contributed by atoms with E-state index in [4.69, 9.17) is 0 Å². The topological polar surface area (TPSA) is 34.0 Å². The van der Waals surface area contributed by atoms with E-state index < -0.39 is 0 Å². The molecule has 0 aliphatic carbocycles. The maximum atomic E-state index is 11.9. The Balaban J connectivity index is 1.64. The van der Waals surface area contributed by atoms with E-state index in [9.17, 15) is 4.79 Å². The molecule has 0 aliphatic heterocycles. The van der Waals surface area contributed by atoms with Gasteiger partial charge < -0.3 is 9.88 Å². The van der Waals surface area contributed by atoms with Gasteiger partial charge in [0.05, 0.1) is 0 Å². The van der Waals surface area contributed by atoms with Crippen molar-refractivity contribution in [3.05, 3.63) is 77.5 Å². The number of carbonyl (C=O) groups excluding carboxylic acids is 1. The molecule has 0 fully saturated rings. The van der Waals surface area contributed by atoms with Gasteiger partial charge in [-0.2, -0.15) is 0 Å². The van der Waals surface area contributed by atoms with Gasteiger partial charge in [-0.15, -0.1) is 0 Å². The first kappa shape index (κ1) is 15.1. The molecule has 1 aromatic heterocycles. The van der Waals surface area contributed by atoms with Crippen LogP contribution in [0, 0.1) is 6.92 Å². The predicted molar refractivity (Wildman–Crippen MR) is 95.0 cm³/mol. The smallest absolute Gasteiger partial charge is 0.244 e. The zero-order valence-corrected chi connectivity index (χ0v) is 13.4. The van der Waals surface area contributed by atoms with Crippen LogP contribution in [0.15, 0.2) is 60.7 Å². The molecule has 1 N–H and O–H groups in total. The third-order valence-electron chi connectivity index (χ3n) is 4.04. The Morgan fingerprint density at radius 2 is 1.91 bits per heavy atom. The molecule has 3 nitrogen and oxygen atoms in total. The highest BCUT2D eigenvalue weighted by atomic mass is 16.1. The summed E-state index contributed by atoms with van der Waals surface area (Å²) in [4.78, 5) is 11.9. The normalized spacial score (nSPS) is 11.2. The third kappa shape index (κ3) is 3.51. The number of nitrogens with zero attached hydrogens (tertiary/aromatic N) is 1. The van der Waals surface area contributed by atoms with Crippen LogP contribution in [0.5, 0.6) is 0 Å². The first-order valence-electron chi connectivity index (χ1n) is 7.69. The quantitative estimate of drug-likeness (QED) is 0.731. The van der Waals surface area contributed by atoms with Gasteiger partial charge in [-0.1, -0.05) is 36.4 Å². The fourth-order valence-corrected chi connectivity index (χ4v) is 2.63.